The summed E-state index contributed by atoms with van der Waals surface area (Å²) >= 11 is 0. The standard InChI is InChI=1S/C14H26N2O3/c1-4-14(2,3)16-13(19)15-9-10-7-5-6-8-11(10)12(17)18/h10-11H,4-9H2,1-3H3,(H,17,18)(H2,15,16,19). The van der Waals surface area contributed by atoms with Crippen molar-refractivity contribution in [1.82, 2.24) is 10.6 Å². The van der Waals surface area contributed by atoms with Crippen molar-refractivity contribution in [3.63, 3.8) is 0 Å². The van der Waals surface area contributed by atoms with Gasteiger partial charge in [0.25, 0.3) is 0 Å². The second-order valence-electron chi connectivity index (χ2n) is 6.06. The Morgan fingerprint density at radius 2 is 1.89 bits per heavy atom. The molecular formula is C14H26N2O3. The molecule has 0 bridgehead atoms. The van der Waals surface area contributed by atoms with Gasteiger partial charge >= 0.3 is 12.0 Å². The van der Waals surface area contributed by atoms with Crippen LogP contribution in [0.5, 0.6) is 0 Å². The number of carboxylic acids is 1. The number of rotatable bonds is 5. The Morgan fingerprint density at radius 1 is 1.26 bits per heavy atom. The summed E-state index contributed by atoms with van der Waals surface area (Å²) in [5, 5.41) is 14.9. The first kappa shape index (κ1) is 15.8. The molecule has 19 heavy (non-hydrogen) atoms. The van der Waals surface area contributed by atoms with Gasteiger partial charge in [-0.25, -0.2) is 4.79 Å². The fourth-order valence-electron chi connectivity index (χ4n) is 2.44. The molecule has 5 heteroatoms. The van der Waals surface area contributed by atoms with Gasteiger partial charge in [-0.2, -0.15) is 0 Å². The highest BCUT2D eigenvalue weighted by molar-refractivity contribution is 5.75. The third-order valence-corrected chi connectivity index (χ3v) is 4.09. The molecule has 0 aromatic carbocycles. The molecule has 2 atom stereocenters. The van der Waals surface area contributed by atoms with Crippen LogP contribution in [0.25, 0.3) is 0 Å². The molecule has 0 aromatic heterocycles. The highest BCUT2D eigenvalue weighted by Gasteiger charge is 2.31. The average Bonchev–Trinajstić information content (AvgIpc) is 2.36. The Morgan fingerprint density at radius 3 is 2.47 bits per heavy atom. The minimum absolute atomic E-state index is 0.0572. The predicted octanol–water partition coefficient (Wildman–Crippen LogP) is 2.37. The van der Waals surface area contributed by atoms with Crippen molar-refractivity contribution in [2.24, 2.45) is 11.8 Å². The van der Waals surface area contributed by atoms with Crippen molar-refractivity contribution in [3.05, 3.63) is 0 Å². The number of amides is 2. The summed E-state index contributed by atoms with van der Waals surface area (Å²) < 4.78 is 0. The molecule has 2 unspecified atom stereocenters. The van der Waals surface area contributed by atoms with Gasteiger partial charge in [-0.05, 0) is 39.0 Å². The quantitative estimate of drug-likeness (QED) is 0.717. The summed E-state index contributed by atoms with van der Waals surface area (Å²) in [5.41, 5.74) is -0.233. The van der Waals surface area contributed by atoms with E-state index in [0.717, 1.165) is 32.1 Å². The number of hydrogen-bond donors (Lipinski definition) is 3. The van der Waals surface area contributed by atoms with Crippen molar-refractivity contribution < 1.29 is 14.7 Å². The molecule has 0 aromatic rings. The number of carbonyl (C=O) groups is 2. The lowest BCUT2D eigenvalue weighted by Crippen LogP contribution is -2.49. The number of aliphatic carboxylic acids is 1. The van der Waals surface area contributed by atoms with E-state index in [1.54, 1.807) is 0 Å². The van der Waals surface area contributed by atoms with Gasteiger partial charge in [0.05, 0.1) is 5.92 Å². The van der Waals surface area contributed by atoms with Crippen LogP contribution in [0.1, 0.15) is 52.9 Å². The van der Waals surface area contributed by atoms with Gasteiger partial charge in [0, 0.05) is 12.1 Å². The topological polar surface area (TPSA) is 78.4 Å². The monoisotopic (exact) mass is 270 g/mol. The molecule has 0 saturated heterocycles. The first-order chi connectivity index (χ1) is 8.85. The van der Waals surface area contributed by atoms with Crippen molar-refractivity contribution in [1.29, 1.82) is 0 Å². The molecule has 0 aliphatic heterocycles. The highest BCUT2D eigenvalue weighted by atomic mass is 16.4. The lowest BCUT2D eigenvalue weighted by atomic mass is 9.79. The summed E-state index contributed by atoms with van der Waals surface area (Å²) in [7, 11) is 0. The van der Waals surface area contributed by atoms with Crippen LogP contribution >= 0.6 is 0 Å². The molecule has 1 fully saturated rings. The molecule has 1 rings (SSSR count). The first-order valence-electron chi connectivity index (χ1n) is 7.14. The van der Waals surface area contributed by atoms with E-state index in [0.29, 0.717) is 6.54 Å². The molecule has 0 heterocycles. The predicted molar refractivity (Wildman–Crippen MR) is 74.0 cm³/mol. The Labute approximate surface area is 115 Å². The maximum atomic E-state index is 11.8. The maximum Gasteiger partial charge on any atom is 0.315 e. The van der Waals surface area contributed by atoms with Crippen LogP contribution in [0, 0.1) is 11.8 Å². The highest BCUT2D eigenvalue weighted by Crippen LogP contribution is 2.29. The molecule has 3 N–H and O–H groups in total. The van der Waals surface area contributed by atoms with E-state index in [1.807, 2.05) is 20.8 Å². The van der Waals surface area contributed by atoms with Gasteiger partial charge in [0.1, 0.15) is 0 Å². The van der Waals surface area contributed by atoms with Gasteiger partial charge in [-0.1, -0.05) is 19.8 Å². The van der Waals surface area contributed by atoms with Gasteiger partial charge in [-0.15, -0.1) is 0 Å². The summed E-state index contributed by atoms with van der Waals surface area (Å²) in [5.74, 6) is -0.990. The molecule has 1 aliphatic rings. The number of carboxylic acid groups (broad SMARTS) is 1. The summed E-state index contributed by atoms with van der Waals surface area (Å²) in [6.45, 7) is 6.39. The minimum Gasteiger partial charge on any atom is -0.481 e. The fraction of sp³-hybridized carbons (Fsp3) is 0.857. The van der Waals surface area contributed by atoms with E-state index in [9.17, 15) is 14.7 Å². The molecule has 1 saturated carbocycles. The number of urea groups is 1. The molecule has 0 radical (unpaired) electrons. The zero-order valence-corrected chi connectivity index (χ0v) is 12.2. The second kappa shape index (κ2) is 6.78. The van der Waals surface area contributed by atoms with E-state index in [-0.39, 0.29) is 23.4 Å². The van der Waals surface area contributed by atoms with E-state index < -0.39 is 5.97 Å². The molecule has 0 spiro atoms. The molecule has 110 valence electrons. The maximum absolute atomic E-state index is 11.8. The summed E-state index contributed by atoms with van der Waals surface area (Å²) in [6.07, 6.45) is 4.49. The van der Waals surface area contributed by atoms with E-state index >= 15 is 0 Å². The Bertz CT molecular complexity index is 329. The third kappa shape index (κ3) is 5.09. The largest absolute Gasteiger partial charge is 0.481 e. The zero-order chi connectivity index (χ0) is 14.5. The van der Waals surface area contributed by atoms with Gasteiger partial charge in [0.2, 0.25) is 0 Å². The number of hydrogen-bond acceptors (Lipinski definition) is 2. The van der Waals surface area contributed by atoms with Crippen LogP contribution in [0.4, 0.5) is 4.79 Å². The van der Waals surface area contributed by atoms with Gasteiger partial charge in [-0.3, -0.25) is 4.79 Å². The number of nitrogens with one attached hydrogen (secondary N) is 2. The van der Waals surface area contributed by atoms with Crippen molar-refractivity contribution in [2.75, 3.05) is 6.54 Å². The van der Waals surface area contributed by atoms with E-state index in [2.05, 4.69) is 10.6 Å². The van der Waals surface area contributed by atoms with E-state index in [4.69, 9.17) is 0 Å². The number of carbonyl (C=O) groups excluding carboxylic acids is 1. The third-order valence-electron chi connectivity index (χ3n) is 4.09. The Hall–Kier alpha value is -1.26. The first-order valence-corrected chi connectivity index (χ1v) is 7.14. The molecule has 2 amide bonds. The lowest BCUT2D eigenvalue weighted by Gasteiger charge is -2.30. The van der Waals surface area contributed by atoms with Crippen LogP contribution in [-0.4, -0.2) is 29.2 Å². The van der Waals surface area contributed by atoms with Gasteiger partial charge in [0.15, 0.2) is 0 Å². The molecular weight excluding hydrogens is 244 g/mol. The minimum atomic E-state index is -0.735. The SMILES string of the molecule is CCC(C)(C)NC(=O)NCC1CCCCC1C(=O)O. The Kier molecular flexibility index (Phi) is 5.63. The summed E-state index contributed by atoms with van der Waals surface area (Å²) in [6, 6.07) is -0.207. The lowest BCUT2D eigenvalue weighted by molar-refractivity contribution is -0.144. The van der Waals surface area contributed by atoms with Crippen molar-refractivity contribution >= 4 is 12.0 Å². The smallest absolute Gasteiger partial charge is 0.315 e. The van der Waals surface area contributed by atoms with Crippen LogP contribution in [0.15, 0.2) is 0 Å². The van der Waals surface area contributed by atoms with Gasteiger partial charge < -0.3 is 15.7 Å². The van der Waals surface area contributed by atoms with Crippen molar-refractivity contribution in [3.8, 4) is 0 Å². The fourth-order valence-corrected chi connectivity index (χ4v) is 2.44. The average molecular weight is 270 g/mol. The van der Waals surface area contributed by atoms with E-state index in [1.165, 1.54) is 0 Å². The second-order valence-corrected chi connectivity index (χ2v) is 6.06. The van der Waals surface area contributed by atoms with Crippen LogP contribution in [-0.2, 0) is 4.79 Å². The normalized spacial score (nSPS) is 23.7. The zero-order valence-electron chi connectivity index (χ0n) is 12.2. The van der Waals surface area contributed by atoms with Crippen LogP contribution in [0.2, 0.25) is 0 Å². The molecule has 5 nitrogen and oxygen atoms in total. The molecule has 1 aliphatic carbocycles. The Balaban J connectivity index is 2.42. The summed E-state index contributed by atoms with van der Waals surface area (Å²) in [4.78, 5) is 22.9. The van der Waals surface area contributed by atoms with Crippen molar-refractivity contribution in [2.45, 2.75) is 58.4 Å². The van der Waals surface area contributed by atoms with Crippen LogP contribution in [0.3, 0.4) is 0 Å². The van der Waals surface area contributed by atoms with Crippen LogP contribution < -0.4 is 10.6 Å².